The average molecular weight is 200 g/mol. The van der Waals surface area contributed by atoms with Gasteiger partial charge >= 0.3 is 0 Å². The molecule has 84 valence electrons. The van der Waals surface area contributed by atoms with Crippen molar-refractivity contribution in [1.82, 2.24) is 4.90 Å². The molecule has 0 aromatic carbocycles. The van der Waals surface area contributed by atoms with Gasteiger partial charge in [-0.1, -0.05) is 0 Å². The van der Waals surface area contributed by atoms with E-state index in [1.54, 1.807) is 0 Å². The molecular formula is C10H24N4. The third-order valence-electron chi connectivity index (χ3n) is 3.07. The van der Waals surface area contributed by atoms with Crippen molar-refractivity contribution < 1.29 is 0 Å². The molecule has 1 aliphatic rings. The van der Waals surface area contributed by atoms with Crippen LogP contribution in [0.15, 0.2) is 0 Å². The maximum absolute atomic E-state index is 5.94. The van der Waals surface area contributed by atoms with Gasteiger partial charge in [-0.05, 0) is 51.4 Å². The van der Waals surface area contributed by atoms with Crippen molar-refractivity contribution in [1.29, 1.82) is 0 Å². The highest BCUT2D eigenvalue weighted by Gasteiger charge is 2.18. The van der Waals surface area contributed by atoms with Crippen LogP contribution in [0.2, 0.25) is 0 Å². The van der Waals surface area contributed by atoms with Crippen LogP contribution in [0.4, 0.5) is 0 Å². The maximum Gasteiger partial charge on any atom is 0.0179 e. The Morgan fingerprint density at radius 3 is 2.36 bits per heavy atom. The lowest BCUT2D eigenvalue weighted by atomic mass is 9.97. The Kier molecular flexibility index (Phi) is 5.40. The molecule has 1 unspecified atom stereocenters. The molecular weight excluding hydrogens is 176 g/mol. The van der Waals surface area contributed by atoms with E-state index in [0.29, 0.717) is 6.54 Å². The molecule has 0 aromatic rings. The predicted octanol–water partition coefficient (Wildman–Crippen LogP) is -0.667. The molecule has 0 amide bonds. The van der Waals surface area contributed by atoms with E-state index in [1.807, 2.05) is 0 Å². The van der Waals surface area contributed by atoms with Crippen LogP contribution in [-0.4, -0.2) is 43.7 Å². The van der Waals surface area contributed by atoms with Crippen LogP contribution >= 0.6 is 0 Å². The molecule has 4 nitrogen and oxygen atoms in total. The molecule has 0 spiro atoms. The van der Waals surface area contributed by atoms with Gasteiger partial charge in [0.2, 0.25) is 0 Å². The highest BCUT2D eigenvalue weighted by atomic mass is 15.1. The fourth-order valence-corrected chi connectivity index (χ4v) is 2.04. The van der Waals surface area contributed by atoms with Crippen molar-refractivity contribution in [2.45, 2.75) is 25.3 Å². The maximum atomic E-state index is 5.94. The normalized spacial score (nSPS) is 22.5. The third-order valence-corrected chi connectivity index (χ3v) is 3.07. The van der Waals surface area contributed by atoms with E-state index >= 15 is 0 Å². The molecule has 0 bridgehead atoms. The molecule has 1 rings (SSSR count). The molecule has 0 aromatic heterocycles. The summed E-state index contributed by atoms with van der Waals surface area (Å²) < 4.78 is 0. The minimum absolute atomic E-state index is 0.245. The van der Waals surface area contributed by atoms with E-state index in [1.165, 1.54) is 12.8 Å². The fourth-order valence-electron chi connectivity index (χ4n) is 2.04. The summed E-state index contributed by atoms with van der Waals surface area (Å²) in [7, 11) is 0. The second-order valence-corrected chi connectivity index (χ2v) is 4.32. The second-order valence-electron chi connectivity index (χ2n) is 4.32. The molecule has 14 heavy (non-hydrogen) atoms. The van der Waals surface area contributed by atoms with E-state index in [2.05, 4.69) is 4.90 Å². The molecule has 0 radical (unpaired) electrons. The first kappa shape index (κ1) is 11.9. The van der Waals surface area contributed by atoms with Gasteiger partial charge < -0.3 is 22.1 Å². The zero-order chi connectivity index (χ0) is 10.4. The minimum atomic E-state index is 0.245. The Balaban J connectivity index is 2.15. The van der Waals surface area contributed by atoms with E-state index in [0.717, 1.165) is 38.5 Å². The van der Waals surface area contributed by atoms with Gasteiger partial charge in [0.15, 0.2) is 0 Å². The van der Waals surface area contributed by atoms with E-state index in [4.69, 9.17) is 17.2 Å². The zero-order valence-electron chi connectivity index (χ0n) is 8.99. The smallest absolute Gasteiger partial charge is 0.0179 e. The Labute approximate surface area is 86.8 Å². The van der Waals surface area contributed by atoms with Crippen LogP contribution in [0.5, 0.6) is 0 Å². The van der Waals surface area contributed by atoms with Gasteiger partial charge in [0.05, 0.1) is 0 Å². The summed E-state index contributed by atoms with van der Waals surface area (Å²) in [6.45, 7) is 4.83. The molecule has 1 aliphatic heterocycles. The summed E-state index contributed by atoms with van der Waals surface area (Å²) in [4.78, 5) is 2.44. The summed E-state index contributed by atoms with van der Waals surface area (Å²) in [6, 6.07) is 0.245. The Morgan fingerprint density at radius 1 is 1.21 bits per heavy atom. The SMILES string of the molecule is NCCC(N)CN1CCC(CN)CC1. The van der Waals surface area contributed by atoms with Crippen LogP contribution in [0.1, 0.15) is 19.3 Å². The molecule has 4 heteroatoms. The van der Waals surface area contributed by atoms with E-state index in [9.17, 15) is 0 Å². The summed E-state index contributed by atoms with van der Waals surface area (Å²) in [5.41, 5.74) is 17.0. The molecule has 0 saturated carbocycles. The van der Waals surface area contributed by atoms with Crippen LogP contribution in [0, 0.1) is 5.92 Å². The van der Waals surface area contributed by atoms with Crippen LogP contribution < -0.4 is 17.2 Å². The molecule has 1 saturated heterocycles. The zero-order valence-corrected chi connectivity index (χ0v) is 8.99. The Hall–Kier alpha value is -0.160. The number of likely N-dealkylation sites (tertiary alicyclic amines) is 1. The molecule has 1 heterocycles. The number of nitrogens with two attached hydrogens (primary N) is 3. The first-order valence-corrected chi connectivity index (χ1v) is 5.64. The molecule has 1 atom stereocenters. The topological polar surface area (TPSA) is 81.3 Å². The monoisotopic (exact) mass is 200 g/mol. The standard InChI is InChI=1S/C10H24N4/c11-4-1-10(13)8-14-5-2-9(7-12)3-6-14/h9-10H,1-8,11-13H2. The quantitative estimate of drug-likeness (QED) is 0.550. The highest BCUT2D eigenvalue weighted by Crippen LogP contribution is 2.15. The summed E-state index contributed by atoms with van der Waals surface area (Å²) >= 11 is 0. The molecule has 6 N–H and O–H groups in total. The average Bonchev–Trinajstić information content (AvgIpc) is 2.19. The van der Waals surface area contributed by atoms with Gasteiger partial charge in [0, 0.05) is 12.6 Å². The van der Waals surface area contributed by atoms with Crippen LogP contribution in [-0.2, 0) is 0 Å². The van der Waals surface area contributed by atoms with Gasteiger partial charge in [-0.3, -0.25) is 0 Å². The Bertz CT molecular complexity index is 143. The van der Waals surface area contributed by atoms with Gasteiger partial charge in [0.1, 0.15) is 0 Å². The Morgan fingerprint density at radius 2 is 1.86 bits per heavy atom. The summed E-state index contributed by atoms with van der Waals surface area (Å²) in [5, 5.41) is 0. The third kappa shape index (κ3) is 3.92. The number of rotatable bonds is 5. The first-order chi connectivity index (χ1) is 6.76. The van der Waals surface area contributed by atoms with E-state index in [-0.39, 0.29) is 6.04 Å². The lowest BCUT2D eigenvalue weighted by molar-refractivity contribution is 0.177. The van der Waals surface area contributed by atoms with Crippen LogP contribution in [0.3, 0.4) is 0 Å². The second kappa shape index (κ2) is 6.35. The first-order valence-electron chi connectivity index (χ1n) is 5.64. The van der Waals surface area contributed by atoms with Crippen molar-refractivity contribution in [2.75, 3.05) is 32.7 Å². The van der Waals surface area contributed by atoms with Gasteiger partial charge in [-0.2, -0.15) is 0 Å². The van der Waals surface area contributed by atoms with Gasteiger partial charge in [-0.15, -0.1) is 0 Å². The number of nitrogens with zero attached hydrogens (tertiary/aromatic N) is 1. The van der Waals surface area contributed by atoms with Crippen molar-refractivity contribution >= 4 is 0 Å². The van der Waals surface area contributed by atoms with Crippen LogP contribution in [0.25, 0.3) is 0 Å². The largest absolute Gasteiger partial charge is 0.330 e. The van der Waals surface area contributed by atoms with Crippen molar-refractivity contribution in [3.05, 3.63) is 0 Å². The van der Waals surface area contributed by atoms with E-state index < -0.39 is 0 Å². The number of hydrogen-bond donors (Lipinski definition) is 3. The fraction of sp³-hybridized carbons (Fsp3) is 1.00. The highest BCUT2D eigenvalue weighted by molar-refractivity contribution is 4.76. The van der Waals surface area contributed by atoms with Crippen molar-refractivity contribution in [2.24, 2.45) is 23.1 Å². The lowest BCUT2D eigenvalue weighted by Crippen LogP contribution is -2.43. The molecule has 0 aliphatic carbocycles. The minimum Gasteiger partial charge on any atom is -0.330 e. The van der Waals surface area contributed by atoms with Crippen molar-refractivity contribution in [3.8, 4) is 0 Å². The van der Waals surface area contributed by atoms with Gasteiger partial charge in [0.25, 0.3) is 0 Å². The van der Waals surface area contributed by atoms with Gasteiger partial charge in [-0.25, -0.2) is 0 Å². The lowest BCUT2D eigenvalue weighted by Gasteiger charge is -2.32. The summed E-state index contributed by atoms with van der Waals surface area (Å²) in [6.07, 6.45) is 3.38. The predicted molar refractivity (Wildman–Crippen MR) is 59.9 cm³/mol. The molecule has 1 fully saturated rings. The number of piperidine rings is 1. The summed E-state index contributed by atoms with van der Waals surface area (Å²) in [5.74, 6) is 0.733. The number of hydrogen-bond acceptors (Lipinski definition) is 4. The van der Waals surface area contributed by atoms with Crippen molar-refractivity contribution in [3.63, 3.8) is 0 Å².